The van der Waals surface area contributed by atoms with Gasteiger partial charge in [0.1, 0.15) is 5.75 Å². The van der Waals surface area contributed by atoms with E-state index in [1.54, 1.807) is 7.11 Å². The second-order valence-electron chi connectivity index (χ2n) is 9.01. The Labute approximate surface area is 191 Å². The molecule has 0 fully saturated rings. The molecule has 0 unspecified atom stereocenters. The molecule has 31 heavy (non-hydrogen) atoms. The van der Waals surface area contributed by atoms with Crippen molar-refractivity contribution in [1.29, 1.82) is 0 Å². The van der Waals surface area contributed by atoms with Crippen molar-refractivity contribution in [3.8, 4) is 5.75 Å². The highest BCUT2D eigenvalue weighted by Crippen LogP contribution is 2.18. The Hall–Kier alpha value is -2.54. The van der Waals surface area contributed by atoms with E-state index in [0.29, 0.717) is 17.8 Å². The lowest BCUT2D eigenvalue weighted by Gasteiger charge is -2.07. The average Bonchev–Trinajstić information content (AvgIpc) is 2.75. The zero-order valence-corrected chi connectivity index (χ0v) is 21.1. The Morgan fingerprint density at radius 3 is 1.55 bits per heavy atom. The first kappa shape index (κ1) is 26.5. The largest absolute Gasteiger partial charge is 0.497 e. The molecule has 0 aromatic heterocycles. The van der Waals surface area contributed by atoms with Gasteiger partial charge in [0.2, 0.25) is 0 Å². The second-order valence-corrected chi connectivity index (χ2v) is 9.01. The smallest absolute Gasteiger partial charge is 0.118 e. The quantitative estimate of drug-likeness (QED) is 0.410. The molecule has 0 aliphatic carbocycles. The molecule has 3 aromatic rings. The van der Waals surface area contributed by atoms with Crippen LogP contribution in [0.15, 0.2) is 72.8 Å². The second kappa shape index (κ2) is 13.7. The van der Waals surface area contributed by atoms with Gasteiger partial charge in [-0.15, -0.1) is 0 Å². The van der Waals surface area contributed by atoms with E-state index in [1.807, 2.05) is 12.1 Å². The van der Waals surface area contributed by atoms with Gasteiger partial charge in [-0.05, 0) is 66.0 Å². The van der Waals surface area contributed by atoms with Gasteiger partial charge in [-0.25, -0.2) is 0 Å². The third kappa shape index (κ3) is 9.87. The molecule has 0 bridgehead atoms. The minimum atomic E-state index is 0.598. The van der Waals surface area contributed by atoms with E-state index in [2.05, 4.69) is 116 Å². The minimum absolute atomic E-state index is 0.598. The molecule has 0 heterocycles. The average molecular weight is 419 g/mol. The van der Waals surface area contributed by atoms with Gasteiger partial charge in [0.25, 0.3) is 0 Å². The summed E-state index contributed by atoms with van der Waals surface area (Å²) < 4.78 is 5.05. The molecule has 0 aliphatic heterocycles. The predicted molar refractivity (Wildman–Crippen MR) is 138 cm³/mol. The van der Waals surface area contributed by atoms with E-state index >= 15 is 0 Å². The molecule has 0 saturated heterocycles. The molecule has 0 saturated carbocycles. The molecule has 3 rings (SSSR count). The topological polar surface area (TPSA) is 9.23 Å². The summed E-state index contributed by atoms with van der Waals surface area (Å²) in [5.41, 5.74) is 7.00. The Balaban J connectivity index is 0.000000233. The molecule has 0 atom stereocenters. The first-order valence-electron chi connectivity index (χ1n) is 11.4. The third-order valence-electron chi connectivity index (χ3n) is 5.30. The lowest BCUT2D eigenvalue weighted by molar-refractivity contribution is 0.414. The van der Waals surface area contributed by atoms with Crippen LogP contribution in [0.4, 0.5) is 0 Å². The van der Waals surface area contributed by atoms with Crippen LogP contribution in [-0.4, -0.2) is 7.11 Å². The van der Waals surface area contributed by atoms with Crippen LogP contribution in [0.1, 0.15) is 87.1 Å². The molecular weight excluding hydrogens is 376 g/mol. The lowest BCUT2D eigenvalue weighted by Crippen LogP contribution is -1.89. The van der Waals surface area contributed by atoms with Crippen molar-refractivity contribution < 1.29 is 4.74 Å². The highest BCUT2D eigenvalue weighted by atomic mass is 16.5. The SMILES string of the molecule is COc1ccc(C(C)C)cc1.Cc1cccc(C(C)C)c1.Cc1ccccc1C(C)C. The van der Waals surface area contributed by atoms with Gasteiger partial charge in [0.15, 0.2) is 0 Å². The summed E-state index contributed by atoms with van der Waals surface area (Å²) in [6.07, 6.45) is 0. The first-order chi connectivity index (χ1) is 14.6. The van der Waals surface area contributed by atoms with Gasteiger partial charge in [-0.3, -0.25) is 0 Å². The number of ether oxygens (including phenoxy) is 1. The van der Waals surface area contributed by atoms with Gasteiger partial charge < -0.3 is 4.74 Å². The summed E-state index contributed by atoms with van der Waals surface area (Å²) in [5.74, 6) is 2.83. The normalized spacial score (nSPS) is 10.3. The molecule has 0 N–H and O–H groups in total. The number of hydrogen-bond acceptors (Lipinski definition) is 1. The predicted octanol–water partition coefficient (Wildman–Crippen LogP) is 9.06. The highest BCUT2D eigenvalue weighted by Gasteiger charge is 2.00. The number of hydrogen-bond donors (Lipinski definition) is 0. The summed E-state index contributed by atoms with van der Waals surface area (Å²) in [6.45, 7) is 17.5. The van der Waals surface area contributed by atoms with Crippen LogP contribution in [0, 0.1) is 13.8 Å². The molecule has 1 nitrogen and oxygen atoms in total. The maximum atomic E-state index is 5.05. The summed E-state index contributed by atoms with van der Waals surface area (Å²) in [7, 11) is 1.68. The van der Waals surface area contributed by atoms with Crippen LogP contribution < -0.4 is 4.74 Å². The van der Waals surface area contributed by atoms with Gasteiger partial charge in [-0.1, -0.05) is 108 Å². The van der Waals surface area contributed by atoms with Crippen LogP contribution in [0.5, 0.6) is 5.75 Å². The van der Waals surface area contributed by atoms with Crippen molar-refractivity contribution in [2.75, 3.05) is 7.11 Å². The van der Waals surface area contributed by atoms with E-state index in [-0.39, 0.29) is 0 Å². The molecule has 0 radical (unpaired) electrons. The number of benzene rings is 3. The van der Waals surface area contributed by atoms with Crippen LogP contribution in [-0.2, 0) is 0 Å². The van der Waals surface area contributed by atoms with Crippen molar-refractivity contribution in [3.05, 3.63) is 101 Å². The summed E-state index contributed by atoms with van der Waals surface area (Å²) >= 11 is 0. The Kier molecular flexibility index (Phi) is 11.7. The zero-order chi connectivity index (χ0) is 23.4. The van der Waals surface area contributed by atoms with Crippen LogP contribution >= 0.6 is 0 Å². The van der Waals surface area contributed by atoms with Crippen molar-refractivity contribution >= 4 is 0 Å². The van der Waals surface area contributed by atoms with E-state index in [4.69, 9.17) is 4.74 Å². The van der Waals surface area contributed by atoms with Gasteiger partial charge in [-0.2, -0.15) is 0 Å². The molecule has 168 valence electrons. The zero-order valence-electron chi connectivity index (χ0n) is 21.1. The molecule has 0 spiro atoms. The van der Waals surface area contributed by atoms with Crippen LogP contribution in [0.3, 0.4) is 0 Å². The monoisotopic (exact) mass is 418 g/mol. The molecule has 3 aromatic carbocycles. The maximum absolute atomic E-state index is 5.05. The van der Waals surface area contributed by atoms with E-state index in [9.17, 15) is 0 Å². The Morgan fingerprint density at radius 1 is 0.581 bits per heavy atom. The van der Waals surface area contributed by atoms with Crippen molar-refractivity contribution in [1.82, 2.24) is 0 Å². The van der Waals surface area contributed by atoms with E-state index in [0.717, 1.165) is 5.75 Å². The first-order valence-corrected chi connectivity index (χ1v) is 11.4. The number of methoxy groups -OCH3 is 1. The fourth-order valence-corrected chi connectivity index (χ4v) is 3.25. The van der Waals surface area contributed by atoms with Gasteiger partial charge in [0, 0.05) is 0 Å². The summed E-state index contributed by atoms with van der Waals surface area (Å²) in [6, 6.07) is 25.4. The standard InChI is InChI=1S/C10H14O.2C10H14/c1-8(2)9-4-6-10(11-3)7-5-9;1-8(2)10-6-4-5-9(3)7-10;1-8(2)10-7-5-4-6-9(10)3/h4-8H,1-3H3;2*4-8H,1-3H3. The number of rotatable bonds is 4. The van der Waals surface area contributed by atoms with Crippen molar-refractivity contribution in [2.24, 2.45) is 0 Å². The van der Waals surface area contributed by atoms with Crippen molar-refractivity contribution in [3.63, 3.8) is 0 Å². The Bertz CT molecular complexity index is 873. The van der Waals surface area contributed by atoms with Crippen LogP contribution in [0.25, 0.3) is 0 Å². The van der Waals surface area contributed by atoms with Crippen LogP contribution in [0.2, 0.25) is 0 Å². The fourth-order valence-electron chi connectivity index (χ4n) is 3.25. The molecule has 0 amide bonds. The highest BCUT2D eigenvalue weighted by molar-refractivity contribution is 5.29. The van der Waals surface area contributed by atoms with E-state index < -0.39 is 0 Å². The van der Waals surface area contributed by atoms with Crippen molar-refractivity contribution in [2.45, 2.75) is 73.1 Å². The van der Waals surface area contributed by atoms with E-state index in [1.165, 1.54) is 27.8 Å². The minimum Gasteiger partial charge on any atom is -0.497 e. The molecular formula is C30H42O. The fraction of sp³-hybridized carbons (Fsp3) is 0.400. The molecule has 0 aliphatic rings. The number of aryl methyl sites for hydroxylation is 2. The van der Waals surface area contributed by atoms with Gasteiger partial charge >= 0.3 is 0 Å². The Morgan fingerprint density at radius 2 is 1.16 bits per heavy atom. The molecule has 1 heteroatoms. The summed E-state index contributed by atoms with van der Waals surface area (Å²) in [4.78, 5) is 0. The summed E-state index contributed by atoms with van der Waals surface area (Å²) in [5, 5.41) is 0. The van der Waals surface area contributed by atoms with Gasteiger partial charge in [0.05, 0.1) is 7.11 Å². The third-order valence-corrected chi connectivity index (χ3v) is 5.30. The lowest BCUT2D eigenvalue weighted by atomic mass is 9.99. The maximum Gasteiger partial charge on any atom is 0.118 e.